The first-order chi connectivity index (χ1) is 17.0. The van der Waals surface area contributed by atoms with Crippen molar-refractivity contribution in [2.45, 2.75) is 39.3 Å². The molecule has 0 N–H and O–H groups in total. The van der Waals surface area contributed by atoms with Crippen LogP contribution in [-0.2, 0) is 0 Å². The minimum absolute atomic E-state index is 0.808. The summed E-state index contributed by atoms with van der Waals surface area (Å²) in [4.78, 5) is 0. The average Bonchev–Trinajstić information content (AvgIpc) is 2.83. The lowest BCUT2D eigenvalue weighted by atomic mass is 9.91. The van der Waals surface area contributed by atoms with Gasteiger partial charge >= 0.3 is 0 Å². The van der Waals surface area contributed by atoms with E-state index in [1.165, 1.54) is 0 Å². The summed E-state index contributed by atoms with van der Waals surface area (Å²) in [6.07, 6.45) is 0. The van der Waals surface area contributed by atoms with Crippen LogP contribution in [0.2, 0.25) is 39.3 Å². The normalized spacial score (nSPS) is 11.4. The first-order valence-corrected chi connectivity index (χ1v) is 19.3. The Morgan fingerprint density at radius 3 is 1.22 bits per heavy atom. The van der Waals surface area contributed by atoms with E-state index in [1.807, 2.05) is 12.1 Å². The smallest absolute Gasteiger partial charge is 0.129 e. The minimum atomic E-state index is -1.50. The summed E-state index contributed by atoms with van der Waals surface area (Å²) in [5.41, 5.74) is 11.1. The largest absolute Gasteiger partial charge is 0.496 e. The van der Waals surface area contributed by atoms with Crippen LogP contribution in [0.15, 0.2) is 60.7 Å². The van der Waals surface area contributed by atoms with Crippen LogP contribution in [0.5, 0.6) is 11.5 Å². The lowest BCUT2D eigenvalue weighted by Gasteiger charge is -2.18. The molecular weight excluding hydrogens is 473 g/mol. The van der Waals surface area contributed by atoms with Gasteiger partial charge in [0.25, 0.3) is 0 Å². The molecule has 0 radical (unpaired) electrons. The Labute approximate surface area is 217 Å². The molecule has 4 aromatic rings. The third kappa shape index (κ3) is 5.68. The number of fused-ring (bicyclic) bond motifs is 2. The summed E-state index contributed by atoms with van der Waals surface area (Å²) in [5.74, 6) is 8.46. The second kappa shape index (κ2) is 9.90. The molecule has 0 saturated heterocycles. The highest BCUT2D eigenvalue weighted by Crippen LogP contribution is 2.45. The third-order valence-corrected chi connectivity index (χ3v) is 7.57. The fourth-order valence-electron chi connectivity index (χ4n) is 4.13. The maximum Gasteiger partial charge on any atom is 0.129 e. The van der Waals surface area contributed by atoms with Gasteiger partial charge in [0.2, 0.25) is 0 Å². The summed E-state index contributed by atoms with van der Waals surface area (Å²) < 4.78 is 11.9. The highest BCUT2D eigenvalue weighted by molar-refractivity contribution is 6.84. The van der Waals surface area contributed by atoms with E-state index in [4.69, 9.17) is 9.47 Å². The van der Waals surface area contributed by atoms with E-state index in [2.05, 4.69) is 111 Å². The Hall–Kier alpha value is -3.45. The second-order valence-corrected chi connectivity index (χ2v) is 20.7. The van der Waals surface area contributed by atoms with Crippen molar-refractivity contribution < 1.29 is 9.47 Å². The van der Waals surface area contributed by atoms with Crippen molar-refractivity contribution in [3.63, 3.8) is 0 Å². The fraction of sp³-hybridized carbons (Fsp3) is 0.250. The van der Waals surface area contributed by atoms with Gasteiger partial charge in [-0.3, -0.25) is 0 Å². The number of benzene rings is 4. The summed E-state index contributed by atoms with van der Waals surface area (Å²) in [6, 6.07) is 21.2. The molecule has 4 aromatic carbocycles. The van der Waals surface area contributed by atoms with Crippen molar-refractivity contribution in [3.05, 3.63) is 71.8 Å². The van der Waals surface area contributed by atoms with Crippen LogP contribution in [0.1, 0.15) is 11.1 Å². The van der Waals surface area contributed by atoms with Crippen molar-refractivity contribution in [1.29, 1.82) is 0 Å². The van der Waals surface area contributed by atoms with E-state index in [9.17, 15) is 0 Å². The van der Waals surface area contributed by atoms with E-state index >= 15 is 0 Å². The molecule has 0 aliphatic heterocycles. The zero-order valence-electron chi connectivity index (χ0n) is 22.6. The van der Waals surface area contributed by atoms with Gasteiger partial charge in [0.1, 0.15) is 27.6 Å². The van der Waals surface area contributed by atoms with Crippen LogP contribution in [0.25, 0.3) is 32.7 Å². The highest BCUT2D eigenvalue weighted by atomic mass is 28.3. The zero-order valence-corrected chi connectivity index (χ0v) is 24.6. The molecule has 0 fully saturated rings. The summed E-state index contributed by atoms with van der Waals surface area (Å²) in [7, 11) is 0.453. The number of rotatable bonds is 3. The standard InChI is InChI=1S/C32H34O2Si2/c1-33-29-15-13-25-11-9-23(17-19-35(3,4)5)21-27(25)31(29)32-28-22-24(18-20-36(6,7)8)10-12-26(28)14-16-30(32)34-2/h9-16,21-22H,1-8H3. The molecule has 0 aliphatic carbocycles. The summed E-state index contributed by atoms with van der Waals surface area (Å²) in [5, 5.41) is 4.47. The van der Waals surface area contributed by atoms with Crippen molar-refractivity contribution >= 4 is 37.7 Å². The van der Waals surface area contributed by atoms with Crippen LogP contribution in [0.4, 0.5) is 0 Å². The molecule has 0 amide bonds. The first kappa shape index (κ1) is 25.6. The molecule has 4 heteroatoms. The van der Waals surface area contributed by atoms with Crippen molar-refractivity contribution in [3.8, 4) is 45.6 Å². The SMILES string of the molecule is COc1ccc2ccc(C#C[Si](C)(C)C)cc2c1-c1c(OC)ccc2ccc(C#C[Si](C)(C)C)cc12. The zero-order chi connectivity index (χ0) is 26.1. The summed E-state index contributed by atoms with van der Waals surface area (Å²) in [6.45, 7) is 13.6. The van der Waals surface area contributed by atoms with Crippen molar-refractivity contribution in [2.75, 3.05) is 14.2 Å². The first-order valence-electron chi connectivity index (χ1n) is 12.3. The molecule has 36 heavy (non-hydrogen) atoms. The van der Waals surface area contributed by atoms with Crippen molar-refractivity contribution in [1.82, 2.24) is 0 Å². The van der Waals surface area contributed by atoms with E-state index in [1.54, 1.807) is 14.2 Å². The minimum Gasteiger partial charge on any atom is -0.496 e. The molecule has 0 heterocycles. The molecule has 4 rings (SSSR count). The predicted molar refractivity (Wildman–Crippen MR) is 160 cm³/mol. The molecule has 2 nitrogen and oxygen atoms in total. The monoisotopic (exact) mass is 506 g/mol. The van der Waals surface area contributed by atoms with Gasteiger partial charge < -0.3 is 9.47 Å². The van der Waals surface area contributed by atoms with E-state index in [-0.39, 0.29) is 0 Å². The van der Waals surface area contributed by atoms with Crippen LogP contribution in [-0.4, -0.2) is 30.4 Å². The molecule has 0 bridgehead atoms. The van der Waals surface area contributed by atoms with Crippen LogP contribution in [0, 0.1) is 22.9 Å². The molecule has 0 saturated carbocycles. The second-order valence-electron chi connectivity index (χ2n) is 11.2. The maximum atomic E-state index is 5.93. The maximum absolute atomic E-state index is 5.93. The van der Waals surface area contributed by atoms with Gasteiger partial charge in [0, 0.05) is 22.3 Å². The van der Waals surface area contributed by atoms with Crippen molar-refractivity contribution in [2.24, 2.45) is 0 Å². The number of ether oxygens (including phenoxy) is 2. The van der Waals surface area contributed by atoms with E-state index < -0.39 is 16.1 Å². The van der Waals surface area contributed by atoms with Gasteiger partial charge in [-0.05, 0) is 57.9 Å². The van der Waals surface area contributed by atoms with Gasteiger partial charge in [0.05, 0.1) is 14.2 Å². The Morgan fingerprint density at radius 2 is 0.889 bits per heavy atom. The molecule has 0 aromatic heterocycles. The van der Waals surface area contributed by atoms with E-state index in [0.29, 0.717) is 0 Å². The Bertz CT molecular complexity index is 1460. The highest BCUT2D eigenvalue weighted by Gasteiger charge is 2.19. The quantitative estimate of drug-likeness (QED) is 0.206. The Morgan fingerprint density at radius 1 is 0.528 bits per heavy atom. The lowest BCUT2D eigenvalue weighted by molar-refractivity contribution is 0.411. The molecule has 0 spiro atoms. The van der Waals surface area contributed by atoms with Gasteiger partial charge in [0.15, 0.2) is 0 Å². The van der Waals surface area contributed by atoms with Gasteiger partial charge in [-0.15, -0.1) is 11.1 Å². The molecule has 0 aliphatic rings. The molecular formula is C32H34O2Si2. The van der Waals surface area contributed by atoms with E-state index in [0.717, 1.165) is 55.3 Å². The number of methoxy groups -OCH3 is 2. The number of hydrogen-bond acceptors (Lipinski definition) is 2. The van der Waals surface area contributed by atoms with Gasteiger partial charge in [-0.1, -0.05) is 75.4 Å². The molecule has 182 valence electrons. The lowest BCUT2D eigenvalue weighted by Crippen LogP contribution is -2.16. The third-order valence-electron chi connectivity index (χ3n) is 5.82. The average molecular weight is 507 g/mol. The predicted octanol–water partition coefficient (Wildman–Crippen LogP) is 8.14. The Kier molecular flexibility index (Phi) is 7.05. The fourth-order valence-corrected chi connectivity index (χ4v) is 5.17. The Balaban J connectivity index is 2.08. The van der Waals surface area contributed by atoms with Crippen LogP contribution >= 0.6 is 0 Å². The van der Waals surface area contributed by atoms with Crippen LogP contribution < -0.4 is 9.47 Å². The topological polar surface area (TPSA) is 18.5 Å². The molecule has 0 unspecified atom stereocenters. The summed E-state index contributed by atoms with van der Waals surface area (Å²) >= 11 is 0. The van der Waals surface area contributed by atoms with Gasteiger partial charge in [-0.25, -0.2) is 0 Å². The molecule has 0 atom stereocenters. The van der Waals surface area contributed by atoms with Gasteiger partial charge in [-0.2, -0.15) is 0 Å². The van der Waals surface area contributed by atoms with Crippen LogP contribution in [0.3, 0.4) is 0 Å². The number of hydrogen-bond donors (Lipinski definition) is 0.